The van der Waals surface area contributed by atoms with E-state index in [1.54, 1.807) is 39.3 Å². The first-order valence-electron chi connectivity index (χ1n) is 11.9. The molecule has 0 bridgehead atoms. The van der Waals surface area contributed by atoms with Crippen LogP contribution in [-0.2, 0) is 11.3 Å². The number of allylic oxidation sites excluding steroid dienone is 1. The molecule has 190 valence electrons. The van der Waals surface area contributed by atoms with Gasteiger partial charge in [-0.05, 0) is 50.3 Å². The van der Waals surface area contributed by atoms with Crippen molar-refractivity contribution in [3.05, 3.63) is 80.7 Å². The number of aromatic nitrogens is 1. The van der Waals surface area contributed by atoms with Crippen LogP contribution < -0.4 is 29.3 Å². The molecule has 3 heterocycles. The first-order valence-corrected chi connectivity index (χ1v) is 13.9. The molecule has 37 heavy (non-hydrogen) atoms. The predicted octanol–water partition coefficient (Wildman–Crippen LogP) is 3.56. The van der Waals surface area contributed by atoms with Crippen molar-refractivity contribution in [2.45, 2.75) is 25.3 Å². The number of thiocarbonyl (C=S) groups is 1. The van der Waals surface area contributed by atoms with Crippen molar-refractivity contribution >= 4 is 68.4 Å². The zero-order chi connectivity index (χ0) is 26.3. The van der Waals surface area contributed by atoms with Gasteiger partial charge in [0, 0.05) is 36.3 Å². The van der Waals surface area contributed by atoms with E-state index >= 15 is 0 Å². The molecule has 0 aliphatic carbocycles. The molecule has 2 aliphatic rings. The summed E-state index contributed by atoms with van der Waals surface area (Å²) in [6.45, 7) is 9.19. The average Bonchev–Trinajstić information content (AvgIpc) is 3.52. The summed E-state index contributed by atoms with van der Waals surface area (Å²) < 4.78 is 8.20. The summed E-state index contributed by atoms with van der Waals surface area (Å²) in [5.41, 5.74) is 2.01. The molecule has 0 atom stereocenters. The Hall–Kier alpha value is -3.34. The van der Waals surface area contributed by atoms with E-state index in [2.05, 4.69) is 18.4 Å². The lowest BCUT2D eigenvalue weighted by Crippen LogP contribution is -2.36. The number of para-hydroxylation sites is 1. The number of fused-ring (bicyclic) bond motifs is 1. The van der Waals surface area contributed by atoms with Crippen LogP contribution in [0, 0.1) is 0 Å². The Bertz CT molecular complexity index is 1590. The lowest BCUT2D eigenvalue weighted by atomic mass is 10.2. The number of hydrogen-bond acceptors (Lipinski definition) is 7. The largest absolute Gasteiger partial charge is 0.497 e. The molecule has 1 aromatic heterocycles. The highest BCUT2D eigenvalue weighted by Crippen LogP contribution is 2.47. The van der Waals surface area contributed by atoms with Gasteiger partial charge in [0.25, 0.3) is 11.5 Å². The number of hydrogen-bond donors (Lipinski definition) is 0. The Morgan fingerprint density at radius 1 is 1.05 bits per heavy atom. The van der Waals surface area contributed by atoms with Gasteiger partial charge in [-0.3, -0.25) is 24.0 Å². The van der Waals surface area contributed by atoms with Crippen LogP contribution in [0.2, 0.25) is 0 Å². The van der Waals surface area contributed by atoms with E-state index in [1.807, 2.05) is 55.5 Å². The number of thiazole rings is 1. The molecular formula is C27H26N4O3S3. The summed E-state index contributed by atoms with van der Waals surface area (Å²) in [6.07, 6.45) is 1.67. The SMILES string of the molecule is C=CCn1c(=C2C(=O)N(CC)C(=S)N2c2ccccc2)sc(=C2Sc3ccc(OC)cc3N2CC)c1=O. The monoisotopic (exact) mass is 550 g/mol. The third kappa shape index (κ3) is 4.09. The lowest BCUT2D eigenvalue weighted by molar-refractivity contribution is -0.120. The number of thioether (sulfide) groups is 1. The number of amides is 1. The van der Waals surface area contributed by atoms with Crippen LogP contribution >= 0.6 is 35.3 Å². The molecule has 0 saturated carbocycles. The van der Waals surface area contributed by atoms with Gasteiger partial charge in [0.15, 0.2) is 5.11 Å². The predicted molar refractivity (Wildman–Crippen MR) is 156 cm³/mol. The van der Waals surface area contributed by atoms with Gasteiger partial charge in [0.05, 0.1) is 12.8 Å². The first-order chi connectivity index (χ1) is 17.9. The fraction of sp³-hybridized carbons (Fsp3) is 0.222. The molecule has 0 spiro atoms. The summed E-state index contributed by atoms with van der Waals surface area (Å²) >= 11 is 8.62. The highest BCUT2D eigenvalue weighted by atomic mass is 32.2. The molecule has 0 radical (unpaired) electrons. The molecule has 1 saturated heterocycles. The van der Waals surface area contributed by atoms with Gasteiger partial charge in [-0.25, -0.2) is 0 Å². The standard InChI is InChI=1S/C27H26N4O3S3/c1-5-15-30-24(33)22(26-28(6-2)19-16-18(34-4)13-14-20(19)36-26)37-25(30)21-23(32)29(7-3)27(35)31(21)17-11-9-8-10-12-17/h5,8-14,16H,1,6-7,15H2,2-4H3. The molecule has 0 N–H and O–H groups in total. The molecular weight excluding hydrogens is 525 g/mol. The van der Waals surface area contributed by atoms with Crippen LogP contribution in [0.3, 0.4) is 0 Å². The number of likely N-dealkylation sites (N-methyl/N-ethyl adjacent to an activating group) is 1. The lowest BCUT2D eigenvalue weighted by Gasteiger charge is -2.19. The van der Waals surface area contributed by atoms with E-state index in [0.717, 1.165) is 27.0 Å². The molecule has 3 aromatic rings. The molecule has 7 nitrogen and oxygen atoms in total. The van der Waals surface area contributed by atoms with Crippen molar-refractivity contribution in [2.24, 2.45) is 0 Å². The third-order valence-corrected chi connectivity index (χ3v) is 9.14. The third-order valence-electron chi connectivity index (χ3n) is 6.24. The topological polar surface area (TPSA) is 58.0 Å². The normalized spacial score (nSPS) is 18.1. The number of rotatable bonds is 6. The fourth-order valence-corrected chi connectivity index (χ4v) is 7.42. The number of benzene rings is 2. The number of ether oxygens (including phenoxy) is 1. The van der Waals surface area contributed by atoms with Crippen molar-refractivity contribution < 1.29 is 9.53 Å². The Balaban J connectivity index is 1.83. The molecule has 5 rings (SSSR count). The maximum absolute atomic E-state index is 13.9. The fourth-order valence-electron chi connectivity index (χ4n) is 4.50. The Labute approximate surface area is 228 Å². The van der Waals surface area contributed by atoms with Gasteiger partial charge in [-0.1, -0.05) is 36.0 Å². The Morgan fingerprint density at radius 2 is 1.78 bits per heavy atom. The second-order valence-electron chi connectivity index (χ2n) is 8.28. The average molecular weight is 551 g/mol. The Kier molecular flexibility index (Phi) is 6.98. The summed E-state index contributed by atoms with van der Waals surface area (Å²) in [4.78, 5) is 34.1. The summed E-state index contributed by atoms with van der Waals surface area (Å²) in [6, 6.07) is 15.5. The number of nitrogens with zero attached hydrogens (tertiary/aromatic N) is 4. The zero-order valence-electron chi connectivity index (χ0n) is 20.8. The van der Waals surface area contributed by atoms with Gasteiger partial charge in [0.1, 0.15) is 25.7 Å². The van der Waals surface area contributed by atoms with Crippen molar-refractivity contribution in [1.29, 1.82) is 0 Å². The smallest absolute Gasteiger partial charge is 0.280 e. The van der Waals surface area contributed by atoms with Crippen LogP contribution in [0.1, 0.15) is 13.8 Å². The molecule has 2 aromatic carbocycles. The molecule has 0 unspecified atom stereocenters. The Morgan fingerprint density at radius 3 is 2.43 bits per heavy atom. The van der Waals surface area contributed by atoms with Crippen molar-refractivity contribution in [1.82, 2.24) is 9.47 Å². The van der Waals surface area contributed by atoms with Crippen LogP contribution in [0.4, 0.5) is 11.4 Å². The van der Waals surface area contributed by atoms with Crippen molar-refractivity contribution in [2.75, 3.05) is 30.0 Å². The minimum atomic E-state index is -0.216. The van der Waals surface area contributed by atoms with E-state index in [4.69, 9.17) is 17.0 Å². The van der Waals surface area contributed by atoms with Crippen LogP contribution in [0.5, 0.6) is 5.75 Å². The van der Waals surface area contributed by atoms with Crippen molar-refractivity contribution in [3.63, 3.8) is 0 Å². The molecule has 10 heteroatoms. The molecule has 1 fully saturated rings. The second kappa shape index (κ2) is 10.2. The van der Waals surface area contributed by atoms with E-state index in [1.165, 1.54) is 11.3 Å². The summed E-state index contributed by atoms with van der Waals surface area (Å²) in [5.74, 6) is 0.542. The first kappa shape index (κ1) is 25.3. The summed E-state index contributed by atoms with van der Waals surface area (Å²) in [7, 11) is 1.64. The van der Waals surface area contributed by atoms with Gasteiger partial charge >= 0.3 is 0 Å². The molecule has 2 aliphatic heterocycles. The van der Waals surface area contributed by atoms with E-state index in [-0.39, 0.29) is 18.0 Å². The quantitative estimate of drug-likeness (QED) is 0.344. The van der Waals surface area contributed by atoms with Gasteiger partial charge in [-0.2, -0.15) is 0 Å². The van der Waals surface area contributed by atoms with E-state index in [0.29, 0.717) is 33.1 Å². The highest BCUT2D eigenvalue weighted by Gasteiger charge is 2.40. The van der Waals surface area contributed by atoms with Crippen molar-refractivity contribution in [3.8, 4) is 5.75 Å². The van der Waals surface area contributed by atoms with E-state index < -0.39 is 0 Å². The van der Waals surface area contributed by atoms with Gasteiger partial charge in [-0.15, -0.1) is 17.9 Å². The number of carbonyl (C=O) groups excluding carboxylic acids is 1. The highest BCUT2D eigenvalue weighted by molar-refractivity contribution is 8.08. The van der Waals surface area contributed by atoms with Gasteiger partial charge < -0.3 is 9.64 Å². The zero-order valence-corrected chi connectivity index (χ0v) is 23.2. The van der Waals surface area contributed by atoms with Crippen LogP contribution in [0.25, 0.3) is 10.7 Å². The maximum atomic E-state index is 13.9. The number of anilines is 2. The van der Waals surface area contributed by atoms with E-state index in [9.17, 15) is 9.59 Å². The van der Waals surface area contributed by atoms with Gasteiger partial charge in [0.2, 0.25) is 0 Å². The van der Waals surface area contributed by atoms with Crippen LogP contribution in [-0.4, -0.2) is 40.7 Å². The number of carbonyl (C=O) groups is 1. The summed E-state index contributed by atoms with van der Waals surface area (Å²) in [5, 5.41) is 1.25. The number of methoxy groups -OCH3 is 1. The minimum absolute atomic E-state index is 0.158. The second-order valence-corrected chi connectivity index (χ2v) is 10.7. The van der Waals surface area contributed by atoms with Crippen LogP contribution in [0.15, 0.2) is 70.9 Å². The minimum Gasteiger partial charge on any atom is -0.497 e. The molecule has 1 amide bonds. The maximum Gasteiger partial charge on any atom is 0.280 e.